The van der Waals surface area contributed by atoms with Gasteiger partial charge in [-0.3, -0.25) is 19.2 Å². The van der Waals surface area contributed by atoms with Gasteiger partial charge in [0.1, 0.15) is 42.2 Å². The molecule has 4 heterocycles. The molecule has 5 saturated carbocycles. The molecule has 10 rings (SSSR count). The molecule has 8 aliphatic rings. The maximum atomic E-state index is 16.0. The molecule has 4 bridgehead atoms. The first-order valence-corrected chi connectivity index (χ1v) is 26.4. The molecule has 8 fully saturated rings. The van der Waals surface area contributed by atoms with E-state index in [-0.39, 0.29) is 81.7 Å². The van der Waals surface area contributed by atoms with Gasteiger partial charge in [-0.1, -0.05) is 45.4 Å². The Bertz CT molecular complexity index is 2490. The van der Waals surface area contributed by atoms with Gasteiger partial charge >= 0.3 is 17.9 Å². The Morgan fingerprint density at radius 3 is 2.38 bits per heavy atom. The molecule has 0 amide bonds. The summed E-state index contributed by atoms with van der Waals surface area (Å²) in [4.78, 5) is 74.2. The molecule has 5 aliphatic carbocycles. The lowest BCUT2D eigenvalue weighted by Crippen LogP contribution is -2.63. The Labute approximate surface area is 406 Å². The lowest BCUT2D eigenvalue weighted by Gasteiger charge is -2.62. The van der Waals surface area contributed by atoms with Crippen molar-refractivity contribution in [1.29, 1.82) is 0 Å². The molecule has 1 spiro atoms. The number of alkyl halides is 1. The summed E-state index contributed by atoms with van der Waals surface area (Å²) in [5.41, 5.74) is 3.23. The Balaban J connectivity index is 0.862. The van der Waals surface area contributed by atoms with Crippen LogP contribution in [0.2, 0.25) is 5.02 Å². The van der Waals surface area contributed by atoms with Gasteiger partial charge in [-0.15, -0.1) is 18.3 Å². The maximum Gasteiger partial charge on any atom is 0.343 e. The van der Waals surface area contributed by atoms with Gasteiger partial charge < -0.3 is 34.3 Å². The number of nitrogens with two attached hydrogens (primary N) is 1. The number of anilines is 1. The predicted molar refractivity (Wildman–Crippen MR) is 257 cm³/mol. The highest BCUT2D eigenvalue weighted by Crippen LogP contribution is 2.68. The van der Waals surface area contributed by atoms with Gasteiger partial charge in [0.2, 0.25) is 5.43 Å². The number of hydrogen-bond acceptors (Lipinski definition) is 12. The minimum absolute atomic E-state index is 0.0446. The summed E-state index contributed by atoms with van der Waals surface area (Å²) in [5.74, 6) is -2.98. The quantitative estimate of drug-likeness (QED) is 0.124. The topological polar surface area (TPSA) is 150 Å². The van der Waals surface area contributed by atoms with Crippen LogP contribution in [0, 0.1) is 45.2 Å². The van der Waals surface area contributed by atoms with Gasteiger partial charge in [0, 0.05) is 83.6 Å². The second kappa shape index (κ2) is 17.4. The van der Waals surface area contributed by atoms with Crippen molar-refractivity contribution >= 4 is 63.6 Å². The van der Waals surface area contributed by atoms with Crippen LogP contribution < -0.4 is 16.1 Å². The molecule has 0 radical (unpaired) electrons. The molecule has 6 unspecified atom stereocenters. The number of Topliss-reactive ketones (excluding diaryl/α,β-unsaturated/α-hetero) is 1. The fourth-order valence-corrected chi connectivity index (χ4v) is 16.1. The number of ether oxygens (including phenoxy) is 3. The summed E-state index contributed by atoms with van der Waals surface area (Å²) in [6.45, 7) is 13.0. The number of aromatic nitrogens is 1. The minimum atomic E-state index is -1.26. The van der Waals surface area contributed by atoms with E-state index in [2.05, 4.69) is 39.3 Å². The van der Waals surface area contributed by atoms with E-state index in [9.17, 15) is 28.4 Å². The molecular formula is C52H67ClF2N4O8S. The molecule has 3 saturated heterocycles. The van der Waals surface area contributed by atoms with E-state index in [1.807, 2.05) is 6.92 Å². The van der Waals surface area contributed by atoms with Crippen LogP contribution in [0.5, 0.6) is 0 Å². The molecule has 13 atom stereocenters. The minimum Gasteiger partial charge on any atom is -0.461 e. The highest BCUT2D eigenvalue weighted by Gasteiger charge is 2.69. The predicted octanol–water partition coefficient (Wildman–Crippen LogP) is 8.37. The molecule has 68 heavy (non-hydrogen) atoms. The number of esters is 3. The number of hydrogen-bond donors (Lipinski definition) is 1. The molecule has 2 aromatic rings. The number of pyridine rings is 1. The summed E-state index contributed by atoms with van der Waals surface area (Å²) in [7, 11) is 2.20. The molecular weight excluding hydrogens is 914 g/mol. The van der Waals surface area contributed by atoms with Crippen molar-refractivity contribution in [2.45, 2.75) is 159 Å². The number of carbonyl (C=O) groups is 4. The van der Waals surface area contributed by atoms with Gasteiger partial charge in [0.05, 0.1) is 39.8 Å². The van der Waals surface area contributed by atoms with Gasteiger partial charge in [-0.05, 0) is 88.7 Å². The highest BCUT2D eigenvalue weighted by molar-refractivity contribution is 8.00. The van der Waals surface area contributed by atoms with Crippen molar-refractivity contribution in [2.24, 2.45) is 45.1 Å². The number of fused-ring (bicyclic) bond motifs is 3. The van der Waals surface area contributed by atoms with Crippen molar-refractivity contribution in [1.82, 2.24) is 9.47 Å². The van der Waals surface area contributed by atoms with E-state index in [0.29, 0.717) is 43.3 Å². The second-order valence-corrected chi connectivity index (χ2v) is 24.4. The Hall–Kier alpha value is -3.53. The van der Waals surface area contributed by atoms with Crippen molar-refractivity contribution in [3.8, 4) is 0 Å². The van der Waals surface area contributed by atoms with Crippen molar-refractivity contribution in [3.63, 3.8) is 0 Å². The summed E-state index contributed by atoms with van der Waals surface area (Å²) in [6.07, 6.45) is 9.36. The summed E-state index contributed by atoms with van der Waals surface area (Å²) in [6, 6.07) is 1.27. The van der Waals surface area contributed by atoms with Crippen LogP contribution in [0.25, 0.3) is 10.9 Å². The zero-order valence-corrected chi connectivity index (χ0v) is 41.6. The van der Waals surface area contributed by atoms with Gasteiger partial charge in [0.25, 0.3) is 0 Å². The Morgan fingerprint density at radius 1 is 1.03 bits per heavy atom. The zero-order valence-electron chi connectivity index (χ0n) is 40.0. The largest absolute Gasteiger partial charge is 0.461 e. The fraction of sp³-hybridized carbons (Fsp3) is 0.712. The third kappa shape index (κ3) is 7.75. The van der Waals surface area contributed by atoms with Crippen molar-refractivity contribution in [2.75, 3.05) is 37.4 Å². The highest BCUT2D eigenvalue weighted by atomic mass is 35.5. The number of thioether (sulfide) groups is 1. The number of halogens is 3. The first-order chi connectivity index (χ1) is 32.2. The molecule has 3 aliphatic heterocycles. The first-order valence-electron chi connectivity index (χ1n) is 25.0. The van der Waals surface area contributed by atoms with Crippen LogP contribution in [0.4, 0.5) is 14.5 Å². The number of benzene rings is 1. The normalized spacial score (nSPS) is 39.0. The van der Waals surface area contributed by atoms with E-state index in [1.54, 1.807) is 22.7 Å². The summed E-state index contributed by atoms with van der Waals surface area (Å²) < 4.78 is 50.8. The van der Waals surface area contributed by atoms with E-state index >= 15 is 4.39 Å². The lowest BCUT2D eigenvalue weighted by atomic mass is 9.44. The number of carbonyl (C=O) groups excluding carboxylic acids is 4. The van der Waals surface area contributed by atoms with E-state index in [0.717, 1.165) is 44.6 Å². The van der Waals surface area contributed by atoms with Crippen LogP contribution >= 0.6 is 23.4 Å². The summed E-state index contributed by atoms with van der Waals surface area (Å²) >= 11 is 8.60. The molecule has 16 heteroatoms. The van der Waals surface area contributed by atoms with Crippen molar-refractivity contribution < 1.29 is 42.2 Å². The SMILES string of the molecule is C=C[C@@]1(C)C[C@H](OC(=O)CSC2CC3CCC(C2)N3C)[C@@]2(C)C(C)CCC3(CCC(=O)C32)[C@H](C)[C@@H]1OC(=O)CCOC(=O)c1cn(C2C[C@@H]2F)c2c(Cl)c(N3C[C@@H](N)C4(CC4)C3)c(F)cc2c1=O. The fourth-order valence-electron chi connectivity index (χ4n) is 14.5. The molecule has 1 aromatic heterocycles. The van der Waals surface area contributed by atoms with Gasteiger partial charge in [-0.2, -0.15) is 0 Å². The number of nitrogens with zero attached hydrogens (tertiary/aromatic N) is 3. The number of ketones is 1. The smallest absolute Gasteiger partial charge is 0.343 e. The molecule has 12 nitrogen and oxygen atoms in total. The average Bonchev–Trinajstić information content (AvgIpc) is 4.17. The third-order valence-corrected chi connectivity index (χ3v) is 20.8. The standard InChI is InChI=1S/C52H67ClF2N4O8S/c1-7-49(4)22-39(66-41(62)25-68-31-18-29-8-9-30(19-31)57(29)6)50(5)27(2)10-13-52(14-11-37(60)46(50)52)28(3)47(49)67-40(61)12-17-65-48(64)33-23-59(36-21-34(36)54)43-32(45(33)63)20-35(55)44(42(43)53)58-24-38(56)51(26-58)15-16-51/h7,20,23,27-31,34,36,38-39,46-47H,1,8-19,21-22,24-26,56H2,2-6H3/t27?,28-,29?,30?,31?,34+,36?,38-,39+,46?,47+,49+,50-,52?/m1/s1. The maximum absolute atomic E-state index is 16.0. The van der Waals surface area contributed by atoms with E-state index in [1.165, 1.54) is 23.6 Å². The Morgan fingerprint density at radius 2 is 1.74 bits per heavy atom. The van der Waals surface area contributed by atoms with E-state index < -0.39 is 81.9 Å². The van der Waals surface area contributed by atoms with Crippen LogP contribution in [-0.4, -0.2) is 107 Å². The van der Waals surface area contributed by atoms with Crippen LogP contribution in [0.15, 0.2) is 29.7 Å². The van der Waals surface area contributed by atoms with Crippen LogP contribution in [0.3, 0.4) is 0 Å². The van der Waals surface area contributed by atoms with Crippen LogP contribution in [0.1, 0.15) is 128 Å². The van der Waals surface area contributed by atoms with Crippen molar-refractivity contribution in [3.05, 3.63) is 51.5 Å². The third-order valence-electron chi connectivity index (χ3n) is 19.2. The average molecular weight is 982 g/mol. The monoisotopic (exact) mass is 980 g/mol. The molecule has 1 aromatic carbocycles. The summed E-state index contributed by atoms with van der Waals surface area (Å²) in [5, 5.41) is 0.158. The zero-order chi connectivity index (χ0) is 48.4. The molecule has 370 valence electrons. The molecule has 2 N–H and O–H groups in total. The van der Waals surface area contributed by atoms with E-state index in [4.69, 9.17) is 31.5 Å². The lowest BCUT2D eigenvalue weighted by molar-refractivity contribution is -0.213. The first kappa shape index (κ1) is 48.1. The van der Waals surface area contributed by atoms with Gasteiger partial charge in [-0.25, -0.2) is 13.6 Å². The Kier molecular flexibility index (Phi) is 12.3. The van der Waals surface area contributed by atoms with Crippen LogP contribution in [-0.2, 0) is 28.6 Å². The second-order valence-electron chi connectivity index (χ2n) is 22.7. The van der Waals surface area contributed by atoms with Gasteiger partial charge in [0.15, 0.2) is 0 Å². The number of rotatable bonds is 12. The number of piperidine rings is 1.